The summed E-state index contributed by atoms with van der Waals surface area (Å²) in [4.78, 5) is 14.3. The standard InChI is InChI=1S/C10H16N4O4S/c1-7(6-19(3,17)18)12-10-5-8(14(15)16)4-9(11-2)13-10/h4-5,7H,6H2,1-3H3,(H2,11,12,13). The third-order valence-corrected chi connectivity index (χ3v) is 3.33. The molecule has 0 aliphatic heterocycles. The number of nitro groups is 1. The van der Waals surface area contributed by atoms with Gasteiger partial charge in [0.2, 0.25) is 0 Å². The monoisotopic (exact) mass is 288 g/mol. The van der Waals surface area contributed by atoms with Crippen molar-refractivity contribution in [1.82, 2.24) is 4.98 Å². The van der Waals surface area contributed by atoms with Crippen molar-refractivity contribution in [3.8, 4) is 0 Å². The second-order valence-electron chi connectivity index (χ2n) is 4.24. The van der Waals surface area contributed by atoms with Gasteiger partial charge in [-0.2, -0.15) is 0 Å². The van der Waals surface area contributed by atoms with E-state index >= 15 is 0 Å². The third kappa shape index (κ3) is 5.08. The van der Waals surface area contributed by atoms with Gasteiger partial charge >= 0.3 is 0 Å². The number of hydrogen-bond acceptors (Lipinski definition) is 7. The van der Waals surface area contributed by atoms with Crippen LogP contribution in [0.25, 0.3) is 0 Å². The summed E-state index contributed by atoms with van der Waals surface area (Å²) in [6, 6.07) is 2.17. The Morgan fingerprint density at radius 3 is 2.47 bits per heavy atom. The summed E-state index contributed by atoms with van der Waals surface area (Å²) < 4.78 is 22.3. The van der Waals surface area contributed by atoms with E-state index in [1.807, 2.05) is 0 Å². The number of hydrogen-bond donors (Lipinski definition) is 2. The fourth-order valence-electron chi connectivity index (χ4n) is 1.57. The van der Waals surface area contributed by atoms with Crippen molar-refractivity contribution in [1.29, 1.82) is 0 Å². The van der Waals surface area contributed by atoms with Gasteiger partial charge in [0, 0.05) is 19.3 Å². The van der Waals surface area contributed by atoms with Crippen LogP contribution in [-0.4, -0.2) is 43.4 Å². The van der Waals surface area contributed by atoms with Gasteiger partial charge in [0.1, 0.15) is 21.5 Å². The van der Waals surface area contributed by atoms with Crippen LogP contribution >= 0.6 is 0 Å². The van der Waals surface area contributed by atoms with Crippen LogP contribution in [0.15, 0.2) is 12.1 Å². The van der Waals surface area contributed by atoms with Crippen LogP contribution in [0.4, 0.5) is 17.3 Å². The van der Waals surface area contributed by atoms with Crippen LogP contribution < -0.4 is 10.6 Å². The first-order valence-electron chi connectivity index (χ1n) is 5.50. The van der Waals surface area contributed by atoms with Crippen LogP contribution in [0.1, 0.15) is 6.92 Å². The minimum atomic E-state index is -3.13. The van der Waals surface area contributed by atoms with Gasteiger partial charge in [-0.15, -0.1) is 0 Å². The van der Waals surface area contributed by atoms with Crippen LogP contribution in [0.2, 0.25) is 0 Å². The predicted octanol–water partition coefficient (Wildman–Crippen LogP) is 0.876. The van der Waals surface area contributed by atoms with Crippen LogP contribution in [0.3, 0.4) is 0 Å². The van der Waals surface area contributed by atoms with E-state index in [2.05, 4.69) is 15.6 Å². The minimum Gasteiger partial charge on any atom is -0.373 e. The second-order valence-corrected chi connectivity index (χ2v) is 6.43. The van der Waals surface area contributed by atoms with E-state index in [-0.39, 0.29) is 17.3 Å². The molecule has 0 saturated heterocycles. The summed E-state index contributed by atoms with van der Waals surface area (Å²) >= 11 is 0. The molecule has 1 rings (SSSR count). The number of nitrogens with one attached hydrogen (secondary N) is 2. The smallest absolute Gasteiger partial charge is 0.276 e. The third-order valence-electron chi connectivity index (χ3n) is 2.22. The van der Waals surface area contributed by atoms with Crippen LogP contribution in [0, 0.1) is 10.1 Å². The van der Waals surface area contributed by atoms with E-state index in [0.29, 0.717) is 5.82 Å². The Morgan fingerprint density at radius 2 is 2.00 bits per heavy atom. The molecule has 19 heavy (non-hydrogen) atoms. The minimum absolute atomic E-state index is 0.0771. The largest absolute Gasteiger partial charge is 0.373 e. The molecule has 9 heteroatoms. The van der Waals surface area contributed by atoms with Gasteiger partial charge in [0.15, 0.2) is 0 Å². The maximum atomic E-state index is 11.1. The van der Waals surface area contributed by atoms with Crippen molar-refractivity contribution >= 4 is 27.2 Å². The lowest BCUT2D eigenvalue weighted by atomic mass is 10.3. The Morgan fingerprint density at radius 1 is 1.42 bits per heavy atom. The van der Waals surface area contributed by atoms with E-state index in [4.69, 9.17) is 0 Å². The molecule has 106 valence electrons. The van der Waals surface area contributed by atoms with E-state index in [1.165, 1.54) is 12.1 Å². The molecule has 8 nitrogen and oxygen atoms in total. The zero-order valence-corrected chi connectivity index (χ0v) is 11.7. The first kappa shape index (κ1) is 15.2. The summed E-state index contributed by atoms with van der Waals surface area (Å²) in [5.41, 5.74) is -0.117. The molecule has 0 aliphatic carbocycles. The predicted molar refractivity (Wildman–Crippen MR) is 73.2 cm³/mol. The van der Waals surface area contributed by atoms with Crippen molar-refractivity contribution in [2.75, 3.05) is 29.7 Å². The summed E-state index contributed by atoms with van der Waals surface area (Å²) in [5.74, 6) is 0.518. The highest BCUT2D eigenvalue weighted by atomic mass is 32.2. The van der Waals surface area contributed by atoms with E-state index < -0.39 is 20.8 Å². The molecule has 0 aromatic carbocycles. The van der Waals surface area contributed by atoms with Crippen molar-refractivity contribution in [3.63, 3.8) is 0 Å². The molecule has 1 aromatic rings. The molecule has 0 bridgehead atoms. The summed E-state index contributed by atoms with van der Waals surface area (Å²) in [7, 11) is -1.53. The molecule has 1 atom stereocenters. The quantitative estimate of drug-likeness (QED) is 0.589. The molecule has 0 aliphatic rings. The highest BCUT2D eigenvalue weighted by Crippen LogP contribution is 2.20. The molecule has 1 heterocycles. The number of sulfone groups is 1. The second kappa shape index (κ2) is 5.83. The Kier molecular flexibility index (Phi) is 4.65. The average molecular weight is 288 g/mol. The molecule has 1 aromatic heterocycles. The fourth-order valence-corrected chi connectivity index (χ4v) is 2.56. The Hall–Kier alpha value is -1.90. The number of pyridine rings is 1. The van der Waals surface area contributed by atoms with Crippen molar-refractivity contribution in [2.45, 2.75) is 13.0 Å². The topological polar surface area (TPSA) is 114 Å². The Bertz CT molecular complexity index is 573. The lowest BCUT2D eigenvalue weighted by molar-refractivity contribution is -0.384. The SMILES string of the molecule is CNc1cc([N+](=O)[O-])cc(NC(C)CS(C)(=O)=O)n1. The van der Waals surface area contributed by atoms with Crippen LogP contribution in [-0.2, 0) is 9.84 Å². The van der Waals surface area contributed by atoms with E-state index in [9.17, 15) is 18.5 Å². The number of aromatic nitrogens is 1. The molecule has 0 spiro atoms. The molecular weight excluding hydrogens is 272 g/mol. The first-order chi connectivity index (χ1) is 8.71. The normalized spacial score (nSPS) is 12.8. The van der Waals surface area contributed by atoms with Gasteiger partial charge in [0.25, 0.3) is 5.69 Å². The molecule has 0 saturated carbocycles. The Balaban J connectivity index is 2.94. The van der Waals surface area contributed by atoms with E-state index in [1.54, 1.807) is 14.0 Å². The van der Waals surface area contributed by atoms with Gasteiger partial charge < -0.3 is 10.6 Å². The van der Waals surface area contributed by atoms with Gasteiger partial charge in [-0.25, -0.2) is 13.4 Å². The van der Waals surface area contributed by atoms with Gasteiger partial charge in [-0.1, -0.05) is 0 Å². The molecule has 2 N–H and O–H groups in total. The summed E-state index contributed by atoms with van der Waals surface area (Å²) in [5, 5.41) is 16.3. The Labute approximate surface area is 111 Å². The lowest BCUT2D eigenvalue weighted by Crippen LogP contribution is -2.25. The highest BCUT2D eigenvalue weighted by molar-refractivity contribution is 7.90. The fraction of sp³-hybridized carbons (Fsp3) is 0.500. The van der Waals surface area contributed by atoms with Gasteiger partial charge in [-0.05, 0) is 6.92 Å². The number of nitrogens with zero attached hydrogens (tertiary/aromatic N) is 2. The van der Waals surface area contributed by atoms with Gasteiger partial charge in [0.05, 0.1) is 22.8 Å². The van der Waals surface area contributed by atoms with Crippen molar-refractivity contribution in [2.24, 2.45) is 0 Å². The molecular formula is C10H16N4O4S. The summed E-state index contributed by atoms with van der Waals surface area (Å²) in [6.07, 6.45) is 1.13. The zero-order chi connectivity index (χ0) is 14.6. The van der Waals surface area contributed by atoms with E-state index in [0.717, 1.165) is 6.26 Å². The molecule has 0 fully saturated rings. The molecule has 0 radical (unpaired) electrons. The maximum Gasteiger partial charge on any atom is 0.276 e. The lowest BCUT2D eigenvalue weighted by Gasteiger charge is -2.14. The highest BCUT2D eigenvalue weighted by Gasteiger charge is 2.14. The maximum absolute atomic E-state index is 11.1. The summed E-state index contributed by atoms with van der Waals surface area (Å²) in [6.45, 7) is 1.67. The number of anilines is 2. The molecule has 1 unspecified atom stereocenters. The van der Waals surface area contributed by atoms with Crippen LogP contribution in [0.5, 0.6) is 0 Å². The zero-order valence-electron chi connectivity index (χ0n) is 10.9. The van der Waals surface area contributed by atoms with Crippen molar-refractivity contribution in [3.05, 3.63) is 22.2 Å². The van der Waals surface area contributed by atoms with Gasteiger partial charge in [-0.3, -0.25) is 10.1 Å². The average Bonchev–Trinajstić information content (AvgIpc) is 2.25. The number of rotatable bonds is 6. The van der Waals surface area contributed by atoms with Crippen molar-refractivity contribution < 1.29 is 13.3 Å². The first-order valence-corrected chi connectivity index (χ1v) is 7.56. The molecule has 0 amide bonds.